The highest BCUT2D eigenvalue weighted by molar-refractivity contribution is 6.30. The third-order valence-corrected chi connectivity index (χ3v) is 6.83. The molecule has 202 valence electrons. The zero-order valence-electron chi connectivity index (χ0n) is 21.7. The number of hydrogen-bond donors (Lipinski definition) is 2. The number of aliphatic hydroxyl groups is 2. The van der Waals surface area contributed by atoms with Crippen molar-refractivity contribution in [1.82, 2.24) is 14.7 Å². The largest absolute Gasteiger partial charge is 0.479 e. The molecule has 1 amide bonds. The van der Waals surface area contributed by atoms with Crippen LogP contribution < -0.4 is 4.74 Å². The molecule has 2 heterocycles. The van der Waals surface area contributed by atoms with Gasteiger partial charge < -0.3 is 19.8 Å². The minimum absolute atomic E-state index is 0.0865. The smallest absolute Gasteiger partial charge is 0.255 e. The second-order valence-electron chi connectivity index (χ2n) is 9.27. The van der Waals surface area contributed by atoms with E-state index in [2.05, 4.69) is 16.9 Å². The third kappa shape index (κ3) is 6.58. The van der Waals surface area contributed by atoms with Gasteiger partial charge in [0.15, 0.2) is 11.9 Å². The van der Waals surface area contributed by atoms with Crippen LogP contribution in [0.25, 0.3) is 5.69 Å². The summed E-state index contributed by atoms with van der Waals surface area (Å²) in [7, 11) is 0. The fourth-order valence-corrected chi connectivity index (χ4v) is 4.69. The minimum atomic E-state index is -1.89. The Morgan fingerprint density at radius 2 is 2.00 bits per heavy atom. The molecule has 8 nitrogen and oxygen atoms in total. The standard InChI is InChI=1S/C30H30ClN3O5/c1-3-4-16-39-27-19-21(11-12-25(27)34-15-7-13-32-34)20(2)17-26(35)28(36)29(37)30(38)33-14-6-10-24(33)22-8-5-9-23(31)18-22/h5-13,15,18-20,24,28-29,36-37H,14,16-17H2,1-2H3/t20-,24?,28-,29+/m0/s1. The third-order valence-electron chi connectivity index (χ3n) is 6.60. The Morgan fingerprint density at radius 3 is 2.72 bits per heavy atom. The number of carbonyl (C=O) groups excluding carboxylic acids is 2. The van der Waals surface area contributed by atoms with Crippen molar-refractivity contribution in [1.29, 1.82) is 0 Å². The van der Waals surface area contributed by atoms with Crippen LogP contribution in [0.1, 0.15) is 43.4 Å². The molecule has 4 rings (SSSR count). The molecule has 0 bridgehead atoms. The molecule has 1 unspecified atom stereocenters. The predicted molar refractivity (Wildman–Crippen MR) is 148 cm³/mol. The van der Waals surface area contributed by atoms with Crippen LogP contribution in [-0.2, 0) is 9.59 Å². The molecular formula is C30H30ClN3O5. The van der Waals surface area contributed by atoms with Crippen molar-refractivity contribution in [3.05, 3.63) is 89.2 Å². The van der Waals surface area contributed by atoms with Gasteiger partial charge in [0.25, 0.3) is 5.91 Å². The SMILES string of the molecule is CC#CCOc1cc([C@@H](C)CC(=O)[C@H](O)[C@@H](O)C(=O)N2CC=CC2c2cccc(Cl)c2)ccc1-n1cccn1. The van der Waals surface area contributed by atoms with E-state index in [1.54, 1.807) is 54.3 Å². The molecule has 0 radical (unpaired) electrons. The molecular weight excluding hydrogens is 518 g/mol. The van der Waals surface area contributed by atoms with Gasteiger partial charge in [-0.05, 0) is 54.3 Å². The van der Waals surface area contributed by atoms with E-state index in [9.17, 15) is 19.8 Å². The monoisotopic (exact) mass is 547 g/mol. The van der Waals surface area contributed by atoms with Gasteiger partial charge in [-0.1, -0.05) is 54.8 Å². The van der Waals surface area contributed by atoms with E-state index in [0.29, 0.717) is 10.8 Å². The van der Waals surface area contributed by atoms with Crippen LogP contribution in [0.3, 0.4) is 0 Å². The molecule has 1 aliphatic rings. The Hall–Kier alpha value is -3.90. The van der Waals surface area contributed by atoms with Crippen molar-refractivity contribution in [2.75, 3.05) is 13.2 Å². The van der Waals surface area contributed by atoms with Crippen LogP contribution in [0, 0.1) is 11.8 Å². The second kappa shape index (κ2) is 12.8. The summed E-state index contributed by atoms with van der Waals surface area (Å²) in [5.41, 5.74) is 2.28. The molecule has 0 aliphatic carbocycles. The number of ketones is 1. The zero-order chi connectivity index (χ0) is 27.9. The average molecular weight is 548 g/mol. The van der Waals surface area contributed by atoms with Crippen LogP contribution in [0.4, 0.5) is 0 Å². The van der Waals surface area contributed by atoms with Gasteiger partial charge in [-0.15, -0.1) is 5.92 Å². The molecule has 3 aromatic rings. The number of nitrogens with zero attached hydrogens (tertiary/aromatic N) is 3. The minimum Gasteiger partial charge on any atom is -0.479 e. The first kappa shape index (κ1) is 28.1. The van der Waals surface area contributed by atoms with Gasteiger partial charge in [0.2, 0.25) is 0 Å². The molecule has 2 aromatic carbocycles. The van der Waals surface area contributed by atoms with Crippen LogP contribution in [0.15, 0.2) is 73.1 Å². The number of hydrogen-bond acceptors (Lipinski definition) is 6. The summed E-state index contributed by atoms with van der Waals surface area (Å²) in [5, 5.41) is 26.1. The van der Waals surface area contributed by atoms with Crippen molar-refractivity contribution in [2.45, 2.75) is 44.4 Å². The quantitative estimate of drug-likeness (QED) is 0.295. The maximum absolute atomic E-state index is 13.1. The van der Waals surface area contributed by atoms with Gasteiger partial charge >= 0.3 is 0 Å². The van der Waals surface area contributed by atoms with Gasteiger partial charge in [-0.25, -0.2) is 4.68 Å². The average Bonchev–Trinajstić information content (AvgIpc) is 3.65. The Kier molecular flexibility index (Phi) is 9.20. The van der Waals surface area contributed by atoms with Crippen molar-refractivity contribution in [3.8, 4) is 23.3 Å². The van der Waals surface area contributed by atoms with Crippen molar-refractivity contribution in [2.24, 2.45) is 0 Å². The molecule has 39 heavy (non-hydrogen) atoms. The lowest BCUT2D eigenvalue weighted by Gasteiger charge is -2.29. The lowest BCUT2D eigenvalue weighted by Crippen LogP contribution is -2.47. The van der Waals surface area contributed by atoms with E-state index in [-0.39, 0.29) is 25.5 Å². The summed E-state index contributed by atoms with van der Waals surface area (Å²) in [6, 6.07) is 13.9. The van der Waals surface area contributed by atoms with E-state index in [1.165, 1.54) is 4.90 Å². The number of halogens is 1. The van der Waals surface area contributed by atoms with Crippen molar-refractivity contribution >= 4 is 23.3 Å². The highest BCUT2D eigenvalue weighted by Crippen LogP contribution is 2.31. The van der Waals surface area contributed by atoms with Gasteiger partial charge in [-0.3, -0.25) is 9.59 Å². The van der Waals surface area contributed by atoms with Crippen molar-refractivity contribution < 1.29 is 24.5 Å². The Bertz CT molecular complexity index is 1410. The van der Waals surface area contributed by atoms with E-state index >= 15 is 0 Å². The Labute approximate surface area is 232 Å². The number of benzene rings is 2. The van der Waals surface area contributed by atoms with E-state index in [1.807, 2.05) is 37.3 Å². The summed E-state index contributed by atoms with van der Waals surface area (Å²) in [5.74, 6) is 4.51. The number of aromatic nitrogens is 2. The number of aliphatic hydroxyl groups excluding tert-OH is 2. The lowest BCUT2D eigenvalue weighted by molar-refractivity contribution is -0.152. The molecule has 1 aromatic heterocycles. The molecule has 0 spiro atoms. The number of ether oxygens (including phenoxy) is 1. The maximum atomic E-state index is 13.1. The maximum Gasteiger partial charge on any atom is 0.255 e. The van der Waals surface area contributed by atoms with Crippen molar-refractivity contribution in [3.63, 3.8) is 0 Å². The zero-order valence-corrected chi connectivity index (χ0v) is 22.5. The van der Waals surface area contributed by atoms with Crippen LogP contribution in [0.2, 0.25) is 5.02 Å². The first-order valence-electron chi connectivity index (χ1n) is 12.6. The normalized spacial score (nSPS) is 16.7. The first-order valence-corrected chi connectivity index (χ1v) is 13.0. The number of rotatable bonds is 10. The molecule has 0 saturated carbocycles. The van der Waals surface area contributed by atoms with Gasteiger partial charge in [-0.2, -0.15) is 5.10 Å². The van der Waals surface area contributed by atoms with E-state index in [4.69, 9.17) is 16.3 Å². The first-order chi connectivity index (χ1) is 18.8. The molecule has 9 heteroatoms. The summed E-state index contributed by atoms with van der Waals surface area (Å²) in [6.45, 7) is 4.00. The fourth-order valence-electron chi connectivity index (χ4n) is 4.49. The predicted octanol–water partition coefficient (Wildman–Crippen LogP) is 3.85. The van der Waals surface area contributed by atoms with Crippen LogP contribution in [-0.4, -0.2) is 61.9 Å². The molecule has 1 aliphatic heterocycles. The molecule has 0 fully saturated rings. The number of carbonyl (C=O) groups is 2. The summed E-state index contributed by atoms with van der Waals surface area (Å²) < 4.78 is 7.52. The highest BCUT2D eigenvalue weighted by atomic mass is 35.5. The second-order valence-corrected chi connectivity index (χ2v) is 9.71. The topological polar surface area (TPSA) is 105 Å². The van der Waals surface area contributed by atoms with Gasteiger partial charge in [0.05, 0.1) is 6.04 Å². The fraction of sp³-hybridized carbons (Fsp3) is 0.300. The Morgan fingerprint density at radius 1 is 1.18 bits per heavy atom. The number of Topliss-reactive ketones (excluding diaryl/α,β-unsaturated/α-hetero) is 1. The summed E-state index contributed by atoms with van der Waals surface area (Å²) in [4.78, 5) is 27.5. The summed E-state index contributed by atoms with van der Waals surface area (Å²) >= 11 is 6.10. The van der Waals surface area contributed by atoms with Gasteiger partial charge in [0.1, 0.15) is 24.1 Å². The summed E-state index contributed by atoms with van der Waals surface area (Å²) in [6.07, 6.45) is 3.24. The van der Waals surface area contributed by atoms with E-state index in [0.717, 1.165) is 16.8 Å². The van der Waals surface area contributed by atoms with Crippen LogP contribution >= 0.6 is 11.6 Å². The highest BCUT2D eigenvalue weighted by Gasteiger charge is 2.37. The number of amides is 1. The van der Waals surface area contributed by atoms with Gasteiger partial charge in [0, 0.05) is 30.4 Å². The Balaban J connectivity index is 1.44. The molecule has 4 atom stereocenters. The van der Waals surface area contributed by atoms with E-state index < -0.39 is 29.9 Å². The molecule has 0 saturated heterocycles. The molecule has 2 N–H and O–H groups in total. The van der Waals surface area contributed by atoms with Crippen LogP contribution in [0.5, 0.6) is 5.75 Å². The lowest BCUT2D eigenvalue weighted by atomic mass is 9.92.